The Morgan fingerprint density at radius 1 is 0.913 bits per heavy atom. The second-order valence-electron chi connectivity index (χ2n) is 5.10. The van der Waals surface area contributed by atoms with Crippen LogP contribution in [-0.2, 0) is 0 Å². The van der Waals surface area contributed by atoms with E-state index < -0.39 is 5.17 Å². The summed E-state index contributed by atoms with van der Waals surface area (Å²) in [5.41, 5.74) is 4.40. The van der Waals surface area contributed by atoms with E-state index in [0.717, 1.165) is 0 Å². The summed E-state index contributed by atoms with van der Waals surface area (Å²) in [4.78, 5) is 23.9. The molecule has 0 heterocycles. The average Bonchev–Trinajstić information content (AvgIpc) is 2.60. The van der Waals surface area contributed by atoms with Crippen LogP contribution in [0.5, 0.6) is 0 Å². The topological polar surface area (TPSA) is 73.7 Å². The van der Waals surface area contributed by atoms with Crippen molar-refractivity contribution in [1.82, 2.24) is 0 Å². The van der Waals surface area contributed by atoms with Gasteiger partial charge in [0.1, 0.15) is 0 Å². The van der Waals surface area contributed by atoms with Crippen LogP contribution in [0.25, 0.3) is 0 Å². The van der Waals surface area contributed by atoms with Crippen LogP contribution in [0, 0.1) is 5.21 Å². The molecule has 5 heteroatoms. The maximum atomic E-state index is 12.5. The molecule has 0 aliphatic heterocycles. The molecule has 0 radical (unpaired) electrons. The highest BCUT2D eigenvalue weighted by molar-refractivity contribution is 6.01. The van der Waals surface area contributed by atoms with Crippen molar-refractivity contribution in [2.24, 2.45) is 0 Å². The quantitative estimate of drug-likeness (QED) is 0.609. The SMILES string of the molecule is CCC(=O)c1ccccc1N[NH+]([O-])c1ccccc1C(=O)CC. The van der Waals surface area contributed by atoms with E-state index in [2.05, 4.69) is 5.43 Å². The Hall–Kier alpha value is -2.50. The summed E-state index contributed by atoms with van der Waals surface area (Å²) in [6.45, 7) is 3.53. The number of anilines is 1. The molecule has 1 atom stereocenters. The minimum absolute atomic E-state index is 0.0428. The van der Waals surface area contributed by atoms with Gasteiger partial charge < -0.3 is 5.21 Å². The summed E-state index contributed by atoms with van der Waals surface area (Å²) in [5.74, 6) is -0.132. The van der Waals surface area contributed by atoms with Crippen molar-refractivity contribution < 1.29 is 14.8 Å². The number of ketones is 2. The molecule has 2 rings (SSSR count). The molecule has 5 nitrogen and oxygen atoms in total. The van der Waals surface area contributed by atoms with Crippen LogP contribution >= 0.6 is 0 Å². The molecule has 0 amide bonds. The van der Waals surface area contributed by atoms with Crippen molar-refractivity contribution in [3.05, 3.63) is 64.9 Å². The van der Waals surface area contributed by atoms with Crippen molar-refractivity contribution in [2.45, 2.75) is 26.7 Å². The fraction of sp³-hybridized carbons (Fsp3) is 0.222. The van der Waals surface area contributed by atoms with Crippen LogP contribution in [0.2, 0.25) is 0 Å². The zero-order valence-corrected chi connectivity index (χ0v) is 13.3. The third-order valence-corrected chi connectivity index (χ3v) is 3.59. The van der Waals surface area contributed by atoms with Crippen LogP contribution in [0.4, 0.5) is 11.4 Å². The van der Waals surface area contributed by atoms with E-state index in [1.54, 1.807) is 62.4 Å². The van der Waals surface area contributed by atoms with Gasteiger partial charge in [0.25, 0.3) is 0 Å². The number of hydrogen-bond acceptors (Lipinski definition) is 4. The minimum atomic E-state index is -0.390. The molecule has 0 fully saturated rings. The maximum Gasteiger partial charge on any atom is 0.168 e. The number of benzene rings is 2. The standard InChI is InChI=1S/C18H20N2O3/c1-3-17(21)13-9-5-7-11-15(13)19-20(23)16-12-8-6-10-14(16)18(22)4-2/h5-12,19-20H,3-4H2,1-2H3. The summed E-state index contributed by atoms with van der Waals surface area (Å²) in [5, 5.41) is 12.2. The molecule has 23 heavy (non-hydrogen) atoms. The van der Waals surface area contributed by atoms with Gasteiger partial charge in [0.2, 0.25) is 0 Å². The van der Waals surface area contributed by atoms with E-state index in [0.29, 0.717) is 35.3 Å². The number of quaternary nitrogens is 1. The van der Waals surface area contributed by atoms with Crippen molar-refractivity contribution >= 4 is 22.9 Å². The largest absolute Gasteiger partial charge is 0.603 e. The predicted molar refractivity (Wildman–Crippen MR) is 89.7 cm³/mol. The van der Waals surface area contributed by atoms with Crippen molar-refractivity contribution in [1.29, 1.82) is 0 Å². The van der Waals surface area contributed by atoms with Gasteiger partial charge in [-0.25, -0.2) is 10.6 Å². The second-order valence-corrected chi connectivity index (χ2v) is 5.10. The molecule has 1 unspecified atom stereocenters. The van der Waals surface area contributed by atoms with Gasteiger partial charge in [-0.2, -0.15) is 0 Å². The van der Waals surface area contributed by atoms with Crippen molar-refractivity contribution in [2.75, 3.05) is 5.43 Å². The zero-order chi connectivity index (χ0) is 16.8. The monoisotopic (exact) mass is 312 g/mol. The zero-order valence-electron chi connectivity index (χ0n) is 13.3. The van der Waals surface area contributed by atoms with Crippen LogP contribution in [-0.4, -0.2) is 11.6 Å². The first-order chi connectivity index (χ1) is 11.1. The average molecular weight is 312 g/mol. The first-order valence-electron chi connectivity index (χ1n) is 7.64. The van der Waals surface area contributed by atoms with Crippen LogP contribution < -0.4 is 10.6 Å². The van der Waals surface area contributed by atoms with E-state index in [4.69, 9.17) is 0 Å². The fourth-order valence-electron chi connectivity index (χ4n) is 2.33. The minimum Gasteiger partial charge on any atom is -0.603 e. The van der Waals surface area contributed by atoms with Gasteiger partial charge in [0.05, 0.1) is 11.3 Å². The molecule has 0 aromatic heterocycles. The lowest BCUT2D eigenvalue weighted by Crippen LogP contribution is -3.06. The van der Waals surface area contributed by atoms with Gasteiger partial charge in [-0.05, 0) is 18.2 Å². The first kappa shape index (κ1) is 16.9. The highest BCUT2D eigenvalue weighted by Crippen LogP contribution is 2.17. The Morgan fingerprint density at radius 3 is 2.09 bits per heavy atom. The second kappa shape index (κ2) is 7.67. The third kappa shape index (κ3) is 3.83. The van der Waals surface area contributed by atoms with Gasteiger partial charge in [-0.1, -0.05) is 38.1 Å². The summed E-state index contributed by atoms with van der Waals surface area (Å²) in [7, 11) is 0. The Balaban J connectivity index is 2.32. The number of hydrogen-bond donors (Lipinski definition) is 2. The molecule has 2 N–H and O–H groups in total. The molecule has 0 bridgehead atoms. The van der Waals surface area contributed by atoms with Gasteiger partial charge in [0, 0.05) is 24.5 Å². The molecule has 120 valence electrons. The van der Waals surface area contributed by atoms with Crippen LogP contribution in [0.15, 0.2) is 48.5 Å². The smallest absolute Gasteiger partial charge is 0.168 e. The number of carbonyl (C=O) groups excluding carboxylic acids is 2. The van der Waals surface area contributed by atoms with E-state index in [1.165, 1.54) is 0 Å². The van der Waals surface area contributed by atoms with E-state index in [9.17, 15) is 14.8 Å². The summed E-state index contributed by atoms with van der Waals surface area (Å²) < 4.78 is 0. The van der Waals surface area contributed by atoms with Gasteiger partial charge in [-0.15, -0.1) is 0 Å². The lowest BCUT2D eigenvalue weighted by atomic mass is 10.1. The maximum absolute atomic E-state index is 12.5. The number of carbonyl (C=O) groups is 2. The van der Waals surface area contributed by atoms with E-state index >= 15 is 0 Å². The molecule has 0 aliphatic rings. The number of rotatable bonds is 7. The molecule has 0 spiro atoms. The predicted octanol–water partition coefficient (Wildman–Crippen LogP) is 2.91. The van der Waals surface area contributed by atoms with E-state index in [-0.39, 0.29) is 11.6 Å². The van der Waals surface area contributed by atoms with Gasteiger partial charge >= 0.3 is 0 Å². The molecule has 0 saturated heterocycles. The Bertz CT molecular complexity index is 713. The lowest BCUT2D eigenvalue weighted by Gasteiger charge is -2.25. The number of nitrogens with one attached hydrogen (secondary N) is 2. The highest BCUT2D eigenvalue weighted by Gasteiger charge is 2.17. The third-order valence-electron chi connectivity index (χ3n) is 3.59. The summed E-state index contributed by atoms with van der Waals surface area (Å²) >= 11 is 0. The fourth-order valence-corrected chi connectivity index (χ4v) is 2.33. The highest BCUT2D eigenvalue weighted by atomic mass is 16.5. The molecule has 0 saturated carbocycles. The molecular formula is C18H20N2O3. The Morgan fingerprint density at radius 2 is 1.43 bits per heavy atom. The molecule has 0 aliphatic carbocycles. The Labute approximate surface area is 135 Å². The van der Waals surface area contributed by atoms with Crippen molar-refractivity contribution in [3.63, 3.8) is 0 Å². The molecule has 2 aromatic carbocycles. The molecular weight excluding hydrogens is 292 g/mol. The van der Waals surface area contributed by atoms with Gasteiger partial charge in [0.15, 0.2) is 17.3 Å². The number of para-hydroxylation sites is 2. The van der Waals surface area contributed by atoms with Crippen molar-refractivity contribution in [3.8, 4) is 0 Å². The summed E-state index contributed by atoms with van der Waals surface area (Å²) in [6.07, 6.45) is 0.687. The van der Waals surface area contributed by atoms with Gasteiger partial charge in [-0.3, -0.25) is 9.59 Å². The normalized spacial score (nSPS) is 11.8. The van der Waals surface area contributed by atoms with Crippen LogP contribution in [0.1, 0.15) is 47.4 Å². The summed E-state index contributed by atoms with van der Waals surface area (Å²) in [6, 6.07) is 13.6. The lowest BCUT2D eigenvalue weighted by molar-refractivity contribution is -0.749. The van der Waals surface area contributed by atoms with Crippen LogP contribution in [0.3, 0.4) is 0 Å². The Kier molecular flexibility index (Phi) is 5.62. The molecule has 2 aromatic rings. The van der Waals surface area contributed by atoms with E-state index in [1.807, 2.05) is 0 Å². The first-order valence-corrected chi connectivity index (χ1v) is 7.64. The number of Topliss-reactive ketones (excluding diaryl/α,β-unsaturated/α-hetero) is 2.